The summed E-state index contributed by atoms with van der Waals surface area (Å²) in [5.41, 5.74) is 0.898. The van der Waals surface area contributed by atoms with Crippen molar-refractivity contribution in [3.63, 3.8) is 0 Å². The van der Waals surface area contributed by atoms with Crippen molar-refractivity contribution in [1.29, 1.82) is 0 Å². The van der Waals surface area contributed by atoms with Crippen molar-refractivity contribution in [3.8, 4) is 0 Å². The van der Waals surface area contributed by atoms with Crippen LogP contribution in [0.25, 0.3) is 0 Å². The molecule has 56 valence electrons. The molecule has 0 amide bonds. The summed E-state index contributed by atoms with van der Waals surface area (Å²) in [6.07, 6.45) is 4.61. The minimum atomic E-state index is -0.708. The number of allylic oxidation sites excluding steroid dienone is 2. The molecule has 0 fully saturated rings. The van der Waals surface area contributed by atoms with Gasteiger partial charge in [-0.2, -0.15) is 0 Å². The summed E-state index contributed by atoms with van der Waals surface area (Å²) in [6, 6.07) is 0. The van der Waals surface area contributed by atoms with Crippen LogP contribution >= 0.6 is 0 Å². The normalized spacial score (nSPS) is 32.1. The van der Waals surface area contributed by atoms with E-state index in [1.165, 1.54) is 0 Å². The Balaban J connectivity index is 2.71. The van der Waals surface area contributed by atoms with E-state index in [-0.39, 0.29) is 0 Å². The molecule has 10 heavy (non-hydrogen) atoms. The summed E-state index contributed by atoms with van der Waals surface area (Å²) in [6.45, 7) is 1.96. The molecule has 2 N–H and O–H groups in total. The lowest BCUT2D eigenvalue weighted by atomic mass is 9.97. The van der Waals surface area contributed by atoms with Crippen molar-refractivity contribution in [2.75, 3.05) is 0 Å². The fourth-order valence-corrected chi connectivity index (χ4v) is 1.04. The first-order chi connectivity index (χ1) is 4.75. The van der Waals surface area contributed by atoms with E-state index in [2.05, 4.69) is 0 Å². The highest BCUT2D eigenvalue weighted by molar-refractivity contribution is 5.24. The van der Waals surface area contributed by atoms with E-state index in [0.29, 0.717) is 0 Å². The van der Waals surface area contributed by atoms with Gasteiger partial charge in [0, 0.05) is 0 Å². The zero-order valence-corrected chi connectivity index (χ0v) is 5.99. The summed E-state index contributed by atoms with van der Waals surface area (Å²) >= 11 is 0. The fraction of sp³-hybridized carbons (Fsp3) is 0.500. The molecular weight excluding hydrogens is 128 g/mol. The van der Waals surface area contributed by atoms with Gasteiger partial charge in [0.05, 0.1) is 0 Å². The van der Waals surface area contributed by atoms with Crippen LogP contribution in [-0.2, 0) is 0 Å². The molecule has 1 aliphatic rings. The highest BCUT2D eigenvalue weighted by Gasteiger charge is 2.18. The van der Waals surface area contributed by atoms with Crippen LogP contribution in [0.4, 0.5) is 0 Å². The molecule has 0 bridgehead atoms. The maximum absolute atomic E-state index is 9.27. The number of aliphatic hydroxyl groups is 2. The van der Waals surface area contributed by atoms with Crippen molar-refractivity contribution < 1.29 is 10.2 Å². The smallest absolute Gasteiger partial charge is 0.105 e. The van der Waals surface area contributed by atoms with E-state index in [9.17, 15) is 5.11 Å². The minimum absolute atomic E-state index is 0.685. The number of aliphatic hydroxyl groups excluding tert-OH is 2. The Morgan fingerprint density at radius 1 is 1.50 bits per heavy atom. The molecule has 1 unspecified atom stereocenters. The van der Waals surface area contributed by atoms with Crippen LogP contribution in [0.1, 0.15) is 13.3 Å². The summed E-state index contributed by atoms with van der Waals surface area (Å²) in [5.74, 6) is 0. The van der Waals surface area contributed by atoms with Crippen molar-refractivity contribution >= 4 is 0 Å². The molecule has 0 aromatic carbocycles. The molecule has 0 aliphatic heterocycles. The molecule has 2 nitrogen and oxygen atoms in total. The lowest BCUT2D eigenvalue weighted by Crippen LogP contribution is -2.27. The Labute approximate surface area is 60.5 Å². The average Bonchev–Trinajstić information content (AvgIpc) is 1.95. The Morgan fingerprint density at radius 3 is 2.70 bits per heavy atom. The standard InChI is InChI=1S/C8H12O2/c1-2-6-4-3-5-7(9)8(6)10/h3-5,7-10H,2H2,1H3/t7-,8?/m0/s1. The van der Waals surface area contributed by atoms with Crippen LogP contribution in [-0.4, -0.2) is 22.4 Å². The van der Waals surface area contributed by atoms with E-state index < -0.39 is 12.2 Å². The number of hydrogen-bond donors (Lipinski definition) is 2. The Hall–Kier alpha value is -0.600. The van der Waals surface area contributed by atoms with Crippen molar-refractivity contribution in [2.24, 2.45) is 0 Å². The maximum Gasteiger partial charge on any atom is 0.105 e. The Kier molecular flexibility index (Phi) is 2.25. The fourth-order valence-electron chi connectivity index (χ4n) is 1.04. The highest BCUT2D eigenvalue weighted by atomic mass is 16.3. The van der Waals surface area contributed by atoms with Gasteiger partial charge in [0.1, 0.15) is 12.2 Å². The van der Waals surface area contributed by atoms with Gasteiger partial charge in [0.15, 0.2) is 0 Å². The zero-order chi connectivity index (χ0) is 7.56. The molecule has 0 saturated carbocycles. The second-order valence-corrected chi connectivity index (χ2v) is 2.42. The van der Waals surface area contributed by atoms with Crippen molar-refractivity contribution in [1.82, 2.24) is 0 Å². The summed E-state index contributed by atoms with van der Waals surface area (Å²) < 4.78 is 0. The van der Waals surface area contributed by atoms with Crippen LogP contribution in [0, 0.1) is 0 Å². The summed E-state index contributed by atoms with van der Waals surface area (Å²) in [4.78, 5) is 0. The first-order valence-corrected chi connectivity index (χ1v) is 3.49. The van der Waals surface area contributed by atoms with Gasteiger partial charge in [-0.05, 0) is 12.0 Å². The second-order valence-electron chi connectivity index (χ2n) is 2.42. The molecule has 0 spiro atoms. The van der Waals surface area contributed by atoms with Crippen LogP contribution < -0.4 is 0 Å². The summed E-state index contributed by atoms with van der Waals surface area (Å²) in [7, 11) is 0. The topological polar surface area (TPSA) is 40.5 Å². The van der Waals surface area contributed by atoms with Crippen LogP contribution in [0.3, 0.4) is 0 Å². The molecule has 0 radical (unpaired) electrons. The van der Waals surface area contributed by atoms with Crippen LogP contribution in [0.15, 0.2) is 23.8 Å². The molecule has 0 aromatic heterocycles. The van der Waals surface area contributed by atoms with Gasteiger partial charge >= 0.3 is 0 Å². The van der Waals surface area contributed by atoms with E-state index >= 15 is 0 Å². The quantitative estimate of drug-likeness (QED) is 0.560. The van der Waals surface area contributed by atoms with Gasteiger partial charge in [-0.25, -0.2) is 0 Å². The third-order valence-corrected chi connectivity index (χ3v) is 1.73. The maximum atomic E-state index is 9.27. The molecule has 0 heterocycles. The Morgan fingerprint density at radius 2 is 2.20 bits per heavy atom. The third-order valence-electron chi connectivity index (χ3n) is 1.73. The number of rotatable bonds is 1. The van der Waals surface area contributed by atoms with Gasteiger partial charge in [0.25, 0.3) is 0 Å². The average molecular weight is 140 g/mol. The van der Waals surface area contributed by atoms with E-state index in [4.69, 9.17) is 5.11 Å². The van der Waals surface area contributed by atoms with Gasteiger partial charge in [-0.15, -0.1) is 0 Å². The number of hydrogen-bond acceptors (Lipinski definition) is 2. The molecule has 2 heteroatoms. The third kappa shape index (κ3) is 1.28. The van der Waals surface area contributed by atoms with E-state index in [1.54, 1.807) is 12.2 Å². The molecule has 0 saturated heterocycles. The second kappa shape index (κ2) is 2.99. The SMILES string of the molecule is CCC1=CC=C[C@H](O)C1O. The van der Waals surface area contributed by atoms with Gasteiger partial charge in [-0.3, -0.25) is 0 Å². The van der Waals surface area contributed by atoms with E-state index in [0.717, 1.165) is 12.0 Å². The largest absolute Gasteiger partial charge is 0.386 e. The van der Waals surface area contributed by atoms with Crippen molar-refractivity contribution in [3.05, 3.63) is 23.8 Å². The highest BCUT2D eigenvalue weighted by Crippen LogP contribution is 2.15. The molecular formula is C8H12O2. The summed E-state index contributed by atoms with van der Waals surface area (Å²) in [5, 5.41) is 18.4. The predicted molar refractivity (Wildman–Crippen MR) is 39.5 cm³/mol. The van der Waals surface area contributed by atoms with Crippen LogP contribution in [0.5, 0.6) is 0 Å². The van der Waals surface area contributed by atoms with Crippen LogP contribution in [0.2, 0.25) is 0 Å². The first-order valence-electron chi connectivity index (χ1n) is 3.49. The van der Waals surface area contributed by atoms with Gasteiger partial charge in [-0.1, -0.05) is 25.2 Å². The minimum Gasteiger partial charge on any atom is -0.386 e. The monoisotopic (exact) mass is 140 g/mol. The Bertz CT molecular complexity index is 170. The van der Waals surface area contributed by atoms with Crippen molar-refractivity contribution in [2.45, 2.75) is 25.6 Å². The van der Waals surface area contributed by atoms with Gasteiger partial charge < -0.3 is 10.2 Å². The molecule has 0 aromatic rings. The lowest BCUT2D eigenvalue weighted by molar-refractivity contribution is 0.0697. The van der Waals surface area contributed by atoms with E-state index in [1.807, 2.05) is 13.0 Å². The first kappa shape index (κ1) is 7.51. The predicted octanol–water partition coefficient (Wildman–Crippen LogP) is 0.614. The van der Waals surface area contributed by atoms with Gasteiger partial charge in [0.2, 0.25) is 0 Å². The molecule has 1 aliphatic carbocycles. The molecule has 1 rings (SSSR count). The molecule has 2 atom stereocenters. The lowest BCUT2D eigenvalue weighted by Gasteiger charge is -2.19. The zero-order valence-electron chi connectivity index (χ0n) is 5.99.